The molecule has 1 aliphatic carbocycles. The van der Waals surface area contributed by atoms with Crippen LogP contribution in [0.5, 0.6) is 0 Å². The average molecular weight is 293 g/mol. The van der Waals surface area contributed by atoms with E-state index < -0.39 is 0 Å². The minimum absolute atomic E-state index is 0.186. The Labute approximate surface area is 125 Å². The Morgan fingerprint density at radius 1 is 1.50 bits per heavy atom. The van der Waals surface area contributed by atoms with Gasteiger partial charge in [-0.1, -0.05) is 11.2 Å². The third-order valence-electron chi connectivity index (χ3n) is 3.67. The second-order valence-electron chi connectivity index (χ2n) is 5.53. The molecule has 0 unspecified atom stereocenters. The fourth-order valence-electron chi connectivity index (χ4n) is 2.40. The standard InChI is InChI=1S/C15H23N3OS/c1-10(2)18(9-11-7-8-11)12-5-4-6-13(20-3)14(12)15(16)17-19/h4-6,10-11,19H,7-9H2,1-3H3,(H2,16,17). The van der Waals surface area contributed by atoms with Gasteiger partial charge in [-0.25, -0.2) is 0 Å². The van der Waals surface area contributed by atoms with Crippen LogP contribution < -0.4 is 10.6 Å². The van der Waals surface area contributed by atoms with Crippen molar-refractivity contribution in [2.75, 3.05) is 17.7 Å². The quantitative estimate of drug-likeness (QED) is 0.278. The molecule has 1 aromatic rings. The van der Waals surface area contributed by atoms with Gasteiger partial charge in [-0.05, 0) is 51.0 Å². The van der Waals surface area contributed by atoms with Crippen molar-refractivity contribution in [1.29, 1.82) is 0 Å². The lowest BCUT2D eigenvalue weighted by Crippen LogP contribution is -2.35. The van der Waals surface area contributed by atoms with Crippen LogP contribution in [0.2, 0.25) is 0 Å². The van der Waals surface area contributed by atoms with E-state index in [1.165, 1.54) is 12.8 Å². The Balaban J connectivity index is 2.46. The first-order valence-corrected chi connectivity index (χ1v) is 8.22. The van der Waals surface area contributed by atoms with Gasteiger partial charge in [-0.3, -0.25) is 0 Å². The van der Waals surface area contributed by atoms with Gasteiger partial charge in [0.2, 0.25) is 0 Å². The van der Waals surface area contributed by atoms with Crippen molar-refractivity contribution in [2.45, 2.75) is 37.6 Å². The largest absolute Gasteiger partial charge is 0.409 e. The molecule has 0 amide bonds. The summed E-state index contributed by atoms with van der Waals surface area (Å²) in [7, 11) is 0. The molecular weight excluding hydrogens is 270 g/mol. The minimum atomic E-state index is 0.186. The molecule has 1 aromatic carbocycles. The maximum absolute atomic E-state index is 9.08. The lowest BCUT2D eigenvalue weighted by atomic mass is 10.1. The smallest absolute Gasteiger partial charge is 0.173 e. The zero-order valence-electron chi connectivity index (χ0n) is 12.3. The van der Waals surface area contributed by atoms with E-state index in [1.807, 2.05) is 18.4 Å². The van der Waals surface area contributed by atoms with Crippen LogP contribution >= 0.6 is 11.8 Å². The molecule has 0 atom stereocenters. The highest BCUT2D eigenvalue weighted by Crippen LogP contribution is 2.35. The molecular formula is C15H23N3OS. The number of nitrogens with two attached hydrogens (primary N) is 1. The first kappa shape index (κ1) is 15.0. The van der Waals surface area contributed by atoms with Crippen molar-refractivity contribution in [2.24, 2.45) is 16.8 Å². The van der Waals surface area contributed by atoms with E-state index in [0.717, 1.165) is 28.6 Å². The molecule has 110 valence electrons. The topological polar surface area (TPSA) is 61.8 Å². The van der Waals surface area contributed by atoms with Crippen LogP contribution in [0, 0.1) is 5.92 Å². The van der Waals surface area contributed by atoms with Crippen molar-refractivity contribution in [3.8, 4) is 0 Å². The van der Waals surface area contributed by atoms with Crippen LogP contribution in [-0.4, -0.2) is 29.9 Å². The second kappa shape index (κ2) is 6.39. The molecule has 4 nitrogen and oxygen atoms in total. The molecule has 0 spiro atoms. The van der Waals surface area contributed by atoms with E-state index >= 15 is 0 Å². The number of hydrogen-bond acceptors (Lipinski definition) is 4. The molecule has 0 radical (unpaired) electrons. The van der Waals surface area contributed by atoms with Crippen LogP contribution in [0.25, 0.3) is 0 Å². The molecule has 2 rings (SSSR count). The zero-order chi connectivity index (χ0) is 14.7. The Morgan fingerprint density at radius 2 is 2.20 bits per heavy atom. The predicted octanol–water partition coefficient (Wildman–Crippen LogP) is 3.13. The molecule has 1 aliphatic rings. The summed E-state index contributed by atoms with van der Waals surface area (Å²) in [6.45, 7) is 5.41. The number of oxime groups is 1. The Morgan fingerprint density at radius 3 is 2.70 bits per heavy atom. The Kier molecular flexibility index (Phi) is 4.81. The minimum Gasteiger partial charge on any atom is -0.409 e. The monoisotopic (exact) mass is 293 g/mol. The summed E-state index contributed by atoms with van der Waals surface area (Å²) >= 11 is 1.62. The molecule has 0 heterocycles. The number of amidine groups is 1. The van der Waals surface area contributed by atoms with Crippen LogP contribution in [0.1, 0.15) is 32.3 Å². The maximum Gasteiger partial charge on any atom is 0.173 e. The molecule has 0 aliphatic heterocycles. The predicted molar refractivity (Wildman–Crippen MR) is 85.9 cm³/mol. The highest BCUT2D eigenvalue weighted by atomic mass is 32.2. The summed E-state index contributed by atoms with van der Waals surface area (Å²) in [5, 5.41) is 12.3. The van der Waals surface area contributed by atoms with Gasteiger partial charge in [-0.15, -0.1) is 11.8 Å². The molecule has 0 bridgehead atoms. The normalized spacial score (nSPS) is 15.7. The van der Waals surface area contributed by atoms with Crippen LogP contribution in [-0.2, 0) is 0 Å². The highest BCUT2D eigenvalue weighted by molar-refractivity contribution is 7.98. The zero-order valence-corrected chi connectivity index (χ0v) is 13.2. The molecule has 3 N–H and O–H groups in total. The third-order valence-corrected chi connectivity index (χ3v) is 4.45. The number of nitrogens with zero attached hydrogens (tertiary/aromatic N) is 2. The molecule has 20 heavy (non-hydrogen) atoms. The molecule has 1 fully saturated rings. The lowest BCUT2D eigenvalue weighted by Gasteiger charge is -2.31. The van der Waals surface area contributed by atoms with Crippen molar-refractivity contribution in [3.05, 3.63) is 23.8 Å². The molecule has 0 aromatic heterocycles. The lowest BCUT2D eigenvalue weighted by molar-refractivity contribution is 0.318. The molecule has 1 saturated carbocycles. The van der Waals surface area contributed by atoms with Gasteiger partial charge >= 0.3 is 0 Å². The van der Waals surface area contributed by atoms with E-state index in [2.05, 4.69) is 30.0 Å². The van der Waals surface area contributed by atoms with Gasteiger partial charge in [0.15, 0.2) is 5.84 Å². The third kappa shape index (κ3) is 3.20. The van der Waals surface area contributed by atoms with Crippen LogP contribution in [0.15, 0.2) is 28.3 Å². The number of benzene rings is 1. The van der Waals surface area contributed by atoms with Crippen molar-refractivity contribution in [1.82, 2.24) is 0 Å². The van der Waals surface area contributed by atoms with Crippen LogP contribution in [0.4, 0.5) is 5.69 Å². The van der Waals surface area contributed by atoms with Crippen molar-refractivity contribution >= 4 is 23.3 Å². The molecule has 5 heteroatoms. The summed E-state index contributed by atoms with van der Waals surface area (Å²) in [6.07, 6.45) is 4.63. The number of rotatable bonds is 6. The van der Waals surface area contributed by atoms with E-state index in [-0.39, 0.29) is 5.84 Å². The van der Waals surface area contributed by atoms with E-state index in [0.29, 0.717) is 6.04 Å². The fourth-order valence-corrected chi connectivity index (χ4v) is 3.03. The van der Waals surface area contributed by atoms with Crippen molar-refractivity contribution in [3.63, 3.8) is 0 Å². The Hall–Kier alpha value is -1.36. The average Bonchev–Trinajstić information content (AvgIpc) is 3.26. The van der Waals surface area contributed by atoms with Crippen LogP contribution in [0.3, 0.4) is 0 Å². The number of hydrogen-bond donors (Lipinski definition) is 2. The summed E-state index contributed by atoms with van der Waals surface area (Å²) in [4.78, 5) is 3.41. The summed E-state index contributed by atoms with van der Waals surface area (Å²) < 4.78 is 0. The van der Waals surface area contributed by atoms with E-state index in [9.17, 15) is 0 Å². The van der Waals surface area contributed by atoms with Gasteiger partial charge < -0.3 is 15.8 Å². The summed E-state index contributed by atoms with van der Waals surface area (Å²) in [5.41, 5.74) is 7.82. The number of thioether (sulfide) groups is 1. The fraction of sp³-hybridized carbons (Fsp3) is 0.533. The Bertz CT molecular complexity index is 498. The number of anilines is 1. The van der Waals surface area contributed by atoms with Gasteiger partial charge in [0, 0.05) is 23.2 Å². The van der Waals surface area contributed by atoms with Gasteiger partial charge in [0.1, 0.15) is 0 Å². The van der Waals surface area contributed by atoms with Gasteiger partial charge in [0.25, 0.3) is 0 Å². The van der Waals surface area contributed by atoms with E-state index in [1.54, 1.807) is 11.8 Å². The SMILES string of the molecule is CSc1cccc(N(CC2CC2)C(C)C)c1/C(N)=N/O. The molecule has 0 saturated heterocycles. The maximum atomic E-state index is 9.08. The highest BCUT2D eigenvalue weighted by Gasteiger charge is 2.27. The summed E-state index contributed by atoms with van der Waals surface area (Å²) in [6, 6.07) is 6.50. The first-order chi connectivity index (χ1) is 9.58. The van der Waals surface area contributed by atoms with Gasteiger partial charge in [0.05, 0.1) is 5.56 Å². The second-order valence-corrected chi connectivity index (χ2v) is 6.38. The van der Waals surface area contributed by atoms with Gasteiger partial charge in [-0.2, -0.15) is 0 Å². The van der Waals surface area contributed by atoms with E-state index in [4.69, 9.17) is 10.9 Å². The van der Waals surface area contributed by atoms with Crippen molar-refractivity contribution < 1.29 is 5.21 Å². The first-order valence-electron chi connectivity index (χ1n) is 7.00. The summed E-state index contributed by atoms with van der Waals surface area (Å²) in [5.74, 6) is 0.974.